The van der Waals surface area contributed by atoms with Crippen molar-refractivity contribution in [2.75, 3.05) is 5.73 Å². The number of hydrogen-bond acceptors (Lipinski definition) is 3. The molecule has 0 spiro atoms. The van der Waals surface area contributed by atoms with E-state index in [-0.39, 0.29) is 0 Å². The SMILES string of the molecule is Nc1ccc2c(c1)CCC2NCc1ccc(Br)s1. The van der Waals surface area contributed by atoms with Crippen molar-refractivity contribution in [3.63, 3.8) is 0 Å². The summed E-state index contributed by atoms with van der Waals surface area (Å²) in [5.41, 5.74) is 9.51. The third kappa shape index (κ3) is 2.46. The molecule has 1 atom stereocenters. The Morgan fingerprint density at radius 2 is 2.22 bits per heavy atom. The first kappa shape index (κ1) is 12.2. The second kappa shape index (κ2) is 5.03. The zero-order chi connectivity index (χ0) is 12.5. The van der Waals surface area contributed by atoms with Gasteiger partial charge in [-0.05, 0) is 64.2 Å². The maximum atomic E-state index is 5.82. The summed E-state index contributed by atoms with van der Waals surface area (Å²) in [5.74, 6) is 0. The van der Waals surface area contributed by atoms with E-state index in [0.29, 0.717) is 6.04 Å². The number of rotatable bonds is 3. The van der Waals surface area contributed by atoms with Crippen molar-refractivity contribution >= 4 is 33.0 Å². The minimum Gasteiger partial charge on any atom is -0.399 e. The summed E-state index contributed by atoms with van der Waals surface area (Å²) in [6, 6.07) is 11.0. The fourth-order valence-electron chi connectivity index (χ4n) is 2.52. The molecule has 18 heavy (non-hydrogen) atoms. The zero-order valence-electron chi connectivity index (χ0n) is 9.95. The Morgan fingerprint density at radius 1 is 1.33 bits per heavy atom. The van der Waals surface area contributed by atoms with E-state index in [4.69, 9.17) is 5.73 Å². The van der Waals surface area contributed by atoms with Gasteiger partial charge in [-0.15, -0.1) is 11.3 Å². The molecule has 3 N–H and O–H groups in total. The molecular formula is C14H15BrN2S. The van der Waals surface area contributed by atoms with Gasteiger partial charge >= 0.3 is 0 Å². The Bertz CT molecular complexity index is 565. The van der Waals surface area contributed by atoms with Gasteiger partial charge in [0.25, 0.3) is 0 Å². The number of benzene rings is 1. The van der Waals surface area contributed by atoms with E-state index < -0.39 is 0 Å². The third-order valence-electron chi connectivity index (χ3n) is 3.40. The van der Waals surface area contributed by atoms with Gasteiger partial charge in [-0.25, -0.2) is 0 Å². The normalized spacial score (nSPS) is 17.9. The molecule has 0 aliphatic heterocycles. The van der Waals surface area contributed by atoms with Gasteiger partial charge in [-0.3, -0.25) is 0 Å². The molecule has 0 saturated heterocycles. The van der Waals surface area contributed by atoms with Gasteiger partial charge in [-0.1, -0.05) is 6.07 Å². The molecule has 1 aliphatic rings. The van der Waals surface area contributed by atoms with Crippen molar-refractivity contribution in [1.29, 1.82) is 0 Å². The van der Waals surface area contributed by atoms with Crippen LogP contribution in [0.1, 0.15) is 28.5 Å². The summed E-state index contributed by atoms with van der Waals surface area (Å²) in [7, 11) is 0. The van der Waals surface area contributed by atoms with Crippen LogP contribution in [-0.2, 0) is 13.0 Å². The molecule has 0 fully saturated rings. The van der Waals surface area contributed by atoms with Gasteiger partial charge in [0.1, 0.15) is 0 Å². The van der Waals surface area contributed by atoms with Crippen molar-refractivity contribution in [1.82, 2.24) is 5.32 Å². The number of hydrogen-bond donors (Lipinski definition) is 2. The lowest BCUT2D eigenvalue weighted by Crippen LogP contribution is -2.17. The number of nitrogens with two attached hydrogens (primary N) is 1. The van der Waals surface area contributed by atoms with E-state index in [1.807, 2.05) is 6.07 Å². The van der Waals surface area contributed by atoms with Crippen LogP contribution in [0, 0.1) is 0 Å². The topological polar surface area (TPSA) is 38.0 Å². The minimum atomic E-state index is 0.474. The van der Waals surface area contributed by atoms with Gasteiger partial charge in [0.2, 0.25) is 0 Å². The molecule has 1 heterocycles. The molecule has 3 rings (SSSR count). The van der Waals surface area contributed by atoms with E-state index in [1.54, 1.807) is 11.3 Å². The lowest BCUT2D eigenvalue weighted by Gasteiger charge is -2.13. The first-order chi connectivity index (χ1) is 8.72. The highest BCUT2D eigenvalue weighted by Crippen LogP contribution is 2.33. The van der Waals surface area contributed by atoms with E-state index in [0.717, 1.165) is 18.7 Å². The number of aryl methyl sites for hydroxylation is 1. The lowest BCUT2D eigenvalue weighted by atomic mass is 10.1. The van der Waals surface area contributed by atoms with Crippen molar-refractivity contribution in [3.05, 3.63) is 50.1 Å². The second-order valence-corrected chi connectivity index (χ2v) is 7.18. The number of halogens is 1. The monoisotopic (exact) mass is 322 g/mol. The lowest BCUT2D eigenvalue weighted by molar-refractivity contribution is 0.533. The predicted octanol–water partition coefficient (Wildman–Crippen LogP) is 3.87. The van der Waals surface area contributed by atoms with Gasteiger partial charge in [-0.2, -0.15) is 0 Å². The third-order valence-corrected chi connectivity index (χ3v) is 5.02. The summed E-state index contributed by atoms with van der Waals surface area (Å²) in [5, 5.41) is 3.64. The molecule has 4 heteroatoms. The largest absolute Gasteiger partial charge is 0.399 e. The van der Waals surface area contributed by atoms with E-state index in [2.05, 4.69) is 45.5 Å². The van der Waals surface area contributed by atoms with Crippen LogP contribution in [0.4, 0.5) is 5.69 Å². The van der Waals surface area contributed by atoms with Crippen LogP contribution in [-0.4, -0.2) is 0 Å². The summed E-state index contributed by atoms with van der Waals surface area (Å²) in [6.45, 7) is 0.935. The highest BCUT2D eigenvalue weighted by Gasteiger charge is 2.21. The molecule has 1 aromatic carbocycles. The van der Waals surface area contributed by atoms with Crippen LogP contribution in [0.2, 0.25) is 0 Å². The number of anilines is 1. The number of nitrogens with one attached hydrogen (secondary N) is 1. The quantitative estimate of drug-likeness (QED) is 0.842. The van der Waals surface area contributed by atoms with Crippen LogP contribution in [0.5, 0.6) is 0 Å². The molecule has 2 nitrogen and oxygen atoms in total. The van der Waals surface area contributed by atoms with E-state index in [1.165, 1.54) is 26.2 Å². The summed E-state index contributed by atoms with van der Waals surface area (Å²) in [4.78, 5) is 1.37. The fraction of sp³-hybridized carbons (Fsp3) is 0.286. The minimum absolute atomic E-state index is 0.474. The smallest absolute Gasteiger partial charge is 0.0701 e. The van der Waals surface area contributed by atoms with E-state index in [9.17, 15) is 0 Å². The molecule has 94 valence electrons. The highest BCUT2D eigenvalue weighted by molar-refractivity contribution is 9.11. The number of nitrogen functional groups attached to an aromatic ring is 1. The number of thiophene rings is 1. The van der Waals surface area contributed by atoms with E-state index >= 15 is 0 Å². The maximum Gasteiger partial charge on any atom is 0.0701 e. The molecule has 1 aliphatic carbocycles. The molecule has 2 aromatic rings. The van der Waals surface area contributed by atoms with Gasteiger partial charge in [0.15, 0.2) is 0 Å². The van der Waals surface area contributed by atoms with Crippen LogP contribution < -0.4 is 11.1 Å². The zero-order valence-corrected chi connectivity index (χ0v) is 12.4. The van der Waals surface area contributed by atoms with Crippen molar-refractivity contribution in [2.24, 2.45) is 0 Å². The Hall–Kier alpha value is -0.840. The summed E-state index contributed by atoms with van der Waals surface area (Å²) >= 11 is 5.29. The second-order valence-electron chi connectivity index (χ2n) is 4.64. The standard InChI is InChI=1S/C14H15BrN2S/c15-14-6-3-11(18-14)8-17-13-5-1-9-7-10(16)2-4-12(9)13/h2-4,6-7,13,17H,1,5,8,16H2. The van der Waals surface area contributed by atoms with Crippen LogP contribution in [0.25, 0.3) is 0 Å². The Kier molecular flexibility index (Phi) is 3.41. The molecule has 0 bridgehead atoms. The fourth-order valence-corrected chi connectivity index (χ4v) is 3.95. The summed E-state index contributed by atoms with van der Waals surface area (Å²) < 4.78 is 1.19. The Morgan fingerprint density at radius 3 is 3.00 bits per heavy atom. The van der Waals surface area contributed by atoms with Gasteiger partial charge in [0, 0.05) is 23.2 Å². The van der Waals surface area contributed by atoms with Crippen LogP contribution in [0.3, 0.4) is 0 Å². The first-order valence-corrected chi connectivity index (χ1v) is 7.69. The molecular weight excluding hydrogens is 308 g/mol. The average molecular weight is 323 g/mol. The molecule has 1 aromatic heterocycles. The molecule has 0 amide bonds. The van der Waals surface area contributed by atoms with Crippen molar-refractivity contribution in [3.8, 4) is 0 Å². The molecule has 0 radical (unpaired) electrons. The Balaban J connectivity index is 1.69. The number of fused-ring (bicyclic) bond motifs is 1. The van der Waals surface area contributed by atoms with Crippen LogP contribution >= 0.6 is 27.3 Å². The average Bonchev–Trinajstić information content (AvgIpc) is 2.92. The van der Waals surface area contributed by atoms with Crippen LogP contribution in [0.15, 0.2) is 34.1 Å². The first-order valence-electron chi connectivity index (χ1n) is 6.08. The van der Waals surface area contributed by atoms with Gasteiger partial charge in [0.05, 0.1) is 3.79 Å². The van der Waals surface area contributed by atoms with Crippen molar-refractivity contribution in [2.45, 2.75) is 25.4 Å². The summed E-state index contributed by atoms with van der Waals surface area (Å²) in [6.07, 6.45) is 2.30. The van der Waals surface area contributed by atoms with Gasteiger partial charge < -0.3 is 11.1 Å². The molecule has 1 unspecified atom stereocenters. The predicted molar refractivity (Wildman–Crippen MR) is 80.8 cm³/mol. The Labute approximate surface area is 119 Å². The molecule has 0 saturated carbocycles. The maximum absolute atomic E-state index is 5.82. The van der Waals surface area contributed by atoms with Crippen molar-refractivity contribution < 1.29 is 0 Å². The highest BCUT2D eigenvalue weighted by atomic mass is 79.9.